The molecule has 0 aromatic carbocycles. The summed E-state index contributed by atoms with van der Waals surface area (Å²) in [5.74, 6) is 0. The molecule has 2 nitrogen and oxygen atoms in total. The van der Waals surface area contributed by atoms with Crippen molar-refractivity contribution in [2.24, 2.45) is 0 Å². The summed E-state index contributed by atoms with van der Waals surface area (Å²) in [5, 5.41) is 9.19. The van der Waals surface area contributed by atoms with E-state index in [0.29, 0.717) is 0 Å². The molecule has 1 unspecified atom stereocenters. The van der Waals surface area contributed by atoms with Gasteiger partial charge in [0.2, 0.25) is 0 Å². The molecule has 0 aliphatic rings. The molecule has 0 aliphatic heterocycles. The van der Waals surface area contributed by atoms with Gasteiger partial charge in [-0.15, -0.1) is 0 Å². The average molecular weight is 187 g/mol. The molecule has 0 rings (SSSR count). The van der Waals surface area contributed by atoms with E-state index in [-0.39, 0.29) is 23.7 Å². The van der Waals surface area contributed by atoms with Crippen LogP contribution in [0.4, 0.5) is 0 Å². The summed E-state index contributed by atoms with van der Waals surface area (Å²) in [6.45, 7) is 15.4. The molecule has 0 aliphatic carbocycles. The van der Waals surface area contributed by atoms with E-state index in [4.69, 9.17) is 0 Å². The summed E-state index contributed by atoms with van der Waals surface area (Å²) in [5.41, 5.74) is 0.195. The van der Waals surface area contributed by atoms with Crippen LogP contribution in [0.25, 0.3) is 0 Å². The second kappa shape index (κ2) is 3.97. The predicted octanol–water partition coefficient (Wildman–Crippen LogP) is 2.27. The van der Waals surface area contributed by atoms with Crippen molar-refractivity contribution < 1.29 is 5.11 Å². The minimum atomic E-state index is 0.0976. The van der Waals surface area contributed by atoms with Crippen LogP contribution < -0.4 is 0 Å². The van der Waals surface area contributed by atoms with Gasteiger partial charge in [0, 0.05) is 17.1 Å². The van der Waals surface area contributed by atoms with Crippen LogP contribution >= 0.6 is 0 Å². The molecular weight excluding hydrogens is 162 g/mol. The SMILES string of the molecule is CC(CO)N(C(C)(C)C)C(C)(C)C. The second-order valence-electron chi connectivity index (χ2n) is 5.74. The van der Waals surface area contributed by atoms with Crippen LogP contribution in [0.15, 0.2) is 0 Å². The Hall–Kier alpha value is -0.0800. The molecule has 0 saturated heterocycles. The van der Waals surface area contributed by atoms with Gasteiger partial charge in [0.1, 0.15) is 0 Å². The maximum atomic E-state index is 9.19. The standard InChI is InChI=1S/C11H25NO/c1-9(8-13)12(10(2,3)4)11(5,6)7/h9,13H,8H2,1-7H3. The van der Waals surface area contributed by atoms with E-state index in [9.17, 15) is 5.11 Å². The molecule has 1 N–H and O–H groups in total. The zero-order valence-corrected chi connectivity index (χ0v) is 10.2. The van der Waals surface area contributed by atoms with E-state index in [1.54, 1.807) is 0 Å². The zero-order valence-electron chi connectivity index (χ0n) is 10.2. The third-order valence-electron chi connectivity index (χ3n) is 2.15. The van der Waals surface area contributed by atoms with Gasteiger partial charge < -0.3 is 5.11 Å². The normalized spacial score (nSPS) is 16.4. The van der Waals surface area contributed by atoms with Crippen molar-refractivity contribution in [2.75, 3.05) is 6.61 Å². The van der Waals surface area contributed by atoms with Crippen LogP contribution in [0.2, 0.25) is 0 Å². The van der Waals surface area contributed by atoms with E-state index in [1.807, 2.05) is 0 Å². The highest BCUT2D eigenvalue weighted by molar-refractivity contribution is 4.90. The Kier molecular flexibility index (Phi) is 3.95. The summed E-state index contributed by atoms with van der Waals surface area (Å²) in [6.07, 6.45) is 0. The zero-order chi connectivity index (χ0) is 10.9. The fourth-order valence-corrected chi connectivity index (χ4v) is 2.41. The van der Waals surface area contributed by atoms with E-state index in [0.717, 1.165) is 0 Å². The molecule has 0 aromatic rings. The number of aliphatic hydroxyl groups excluding tert-OH is 1. The quantitative estimate of drug-likeness (QED) is 0.717. The van der Waals surface area contributed by atoms with Crippen molar-refractivity contribution in [3.05, 3.63) is 0 Å². The largest absolute Gasteiger partial charge is 0.395 e. The average Bonchev–Trinajstić information content (AvgIpc) is 1.80. The highest BCUT2D eigenvalue weighted by Crippen LogP contribution is 2.27. The van der Waals surface area contributed by atoms with Crippen LogP contribution in [0.5, 0.6) is 0 Å². The van der Waals surface area contributed by atoms with Crippen LogP contribution in [0.1, 0.15) is 48.5 Å². The van der Waals surface area contributed by atoms with Gasteiger partial charge in [-0.2, -0.15) is 0 Å². The maximum Gasteiger partial charge on any atom is 0.0584 e. The Balaban J connectivity index is 4.78. The molecule has 0 heterocycles. The molecule has 0 amide bonds. The van der Waals surface area contributed by atoms with Gasteiger partial charge in [0.15, 0.2) is 0 Å². The molecule has 0 aromatic heterocycles. The van der Waals surface area contributed by atoms with Crippen molar-refractivity contribution in [3.8, 4) is 0 Å². The molecule has 0 spiro atoms. The molecular formula is C11H25NO. The number of hydrogen-bond donors (Lipinski definition) is 1. The Morgan fingerprint density at radius 3 is 1.38 bits per heavy atom. The van der Waals surface area contributed by atoms with Gasteiger partial charge in [-0.05, 0) is 48.5 Å². The predicted molar refractivity (Wildman–Crippen MR) is 57.9 cm³/mol. The highest BCUT2D eigenvalue weighted by atomic mass is 16.3. The molecule has 0 saturated carbocycles. The molecule has 0 bridgehead atoms. The van der Waals surface area contributed by atoms with Crippen molar-refractivity contribution in [3.63, 3.8) is 0 Å². The van der Waals surface area contributed by atoms with Gasteiger partial charge in [-0.25, -0.2) is 0 Å². The van der Waals surface area contributed by atoms with Crippen LogP contribution in [-0.4, -0.2) is 33.7 Å². The number of nitrogens with zero attached hydrogens (tertiary/aromatic N) is 1. The Bertz CT molecular complexity index is 138. The molecule has 80 valence electrons. The Labute approximate surface area is 82.9 Å². The van der Waals surface area contributed by atoms with Gasteiger partial charge in [-0.1, -0.05) is 0 Å². The fourth-order valence-electron chi connectivity index (χ4n) is 2.41. The van der Waals surface area contributed by atoms with Gasteiger partial charge in [0.25, 0.3) is 0 Å². The molecule has 2 heteroatoms. The van der Waals surface area contributed by atoms with Crippen molar-refractivity contribution in [2.45, 2.75) is 65.6 Å². The van der Waals surface area contributed by atoms with Gasteiger partial charge in [0.05, 0.1) is 6.61 Å². The lowest BCUT2D eigenvalue weighted by Crippen LogP contribution is -2.57. The lowest BCUT2D eigenvalue weighted by Gasteiger charge is -2.48. The Morgan fingerprint density at radius 1 is 1.00 bits per heavy atom. The first-order valence-electron chi connectivity index (χ1n) is 5.01. The van der Waals surface area contributed by atoms with E-state index in [2.05, 4.69) is 53.4 Å². The van der Waals surface area contributed by atoms with E-state index >= 15 is 0 Å². The van der Waals surface area contributed by atoms with Crippen molar-refractivity contribution in [1.82, 2.24) is 4.90 Å². The lowest BCUT2D eigenvalue weighted by molar-refractivity contribution is -0.0189. The summed E-state index contributed by atoms with van der Waals surface area (Å²) in [7, 11) is 0. The van der Waals surface area contributed by atoms with Crippen LogP contribution in [0.3, 0.4) is 0 Å². The summed E-state index contributed by atoms with van der Waals surface area (Å²) in [4.78, 5) is 2.35. The smallest absolute Gasteiger partial charge is 0.0584 e. The number of hydrogen-bond acceptors (Lipinski definition) is 2. The fraction of sp³-hybridized carbons (Fsp3) is 1.00. The monoisotopic (exact) mass is 187 g/mol. The minimum absolute atomic E-state index is 0.0976. The van der Waals surface area contributed by atoms with E-state index < -0.39 is 0 Å². The first-order valence-corrected chi connectivity index (χ1v) is 5.01. The third-order valence-corrected chi connectivity index (χ3v) is 2.15. The van der Waals surface area contributed by atoms with Gasteiger partial charge in [-0.3, -0.25) is 4.90 Å². The first kappa shape index (κ1) is 12.9. The van der Waals surface area contributed by atoms with Crippen LogP contribution in [-0.2, 0) is 0 Å². The molecule has 0 radical (unpaired) electrons. The van der Waals surface area contributed by atoms with E-state index in [1.165, 1.54) is 0 Å². The topological polar surface area (TPSA) is 23.5 Å². The highest BCUT2D eigenvalue weighted by Gasteiger charge is 2.34. The summed E-state index contributed by atoms with van der Waals surface area (Å²) < 4.78 is 0. The summed E-state index contributed by atoms with van der Waals surface area (Å²) >= 11 is 0. The van der Waals surface area contributed by atoms with Crippen LogP contribution in [0, 0.1) is 0 Å². The maximum absolute atomic E-state index is 9.19. The first-order chi connectivity index (χ1) is 5.60. The summed E-state index contributed by atoms with van der Waals surface area (Å²) in [6, 6.07) is 0.208. The van der Waals surface area contributed by atoms with Gasteiger partial charge >= 0.3 is 0 Å². The molecule has 13 heavy (non-hydrogen) atoms. The lowest BCUT2D eigenvalue weighted by atomic mass is 9.93. The number of aliphatic hydroxyl groups is 1. The third kappa shape index (κ3) is 3.65. The molecule has 1 atom stereocenters. The molecule has 0 fully saturated rings. The minimum Gasteiger partial charge on any atom is -0.395 e. The Morgan fingerprint density at radius 2 is 1.31 bits per heavy atom. The number of rotatable bonds is 2. The van der Waals surface area contributed by atoms with Crippen molar-refractivity contribution >= 4 is 0 Å². The second-order valence-corrected chi connectivity index (χ2v) is 5.74. The van der Waals surface area contributed by atoms with Crippen molar-refractivity contribution in [1.29, 1.82) is 0 Å².